The Morgan fingerprint density at radius 1 is 1.33 bits per heavy atom. The van der Waals surface area contributed by atoms with Crippen LogP contribution in [0.1, 0.15) is 65.7 Å². The van der Waals surface area contributed by atoms with Gasteiger partial charge in [-0.25, -0.2) is 0 Å². The third-order valence-corrected chi connectivity index (χ3v) is 5.10. The molecule has 1 N–H and O–H groups in total. The van der Waals surface area contributed by atoms with Crippen molar-refractivity contribution in [3.05, 3.63) is 0 Å². The van der Waals surface area contributed by atoms with Crippen LogP contribution in [0.15, 0.2) is 0 Å². The number of ether oxygens (including phenoxy) is 1. The zero-order chi connectivity index (χ0) is 13.6. The predicted molar refractivity (Wildman–Crippen MR) is 78.9 cm³/mol. The van der Waals surface area contributed by atoms with Crippen LogP contribution in [0.3, 0.4) is 0 Å². The largest absolute Gasteiger partial charge is 0.377 e. The number of hydrogen-bond donors (Lipinski definition) is 1. The van der Waals surface area contributed by atoms with Gasteiger partial charge >= 0.3 is 0 Å². The molecule has 0 amide bonds. The number of hydrogen-bond acceptors (Lipinski definition) is 2. The lowest BCUT2D eigenvalue weighted by atomic mass is 9.72. The van der Waals surface area contributed by atoms with Crippen LogP contribution < -0.4 is 5.32 Å². The molecule has 108 valence electrons. The summed E-state index contributed by atoms with van der Waals surface area (Å²) in [6, 6.07) is 0.509. The highest BCUT2D eigenvalue weighted by Crippen LogP contribution is 2.39. The maximum atomic E-state index is 6.03. The summed E-state index contributed by atoms with van der Waals surface area (Å²) >= 11 is 0. The van der Waals surface area contributed by atoms with E-state index >= 15 is 0 Å². The van der Waals surface area contributed by atoms with E-state index in [1.807, 2.05) is 7.11 Å². The molecule has 2 heteroatoms. The van der Waals surface area contributed by atoms with Crippen LogP contribution in [-0.2, 0) is 4.74 Å². The average molecular weight is 255 g/mol. The van der Waals surface area contributed by atoms with Gasteiger partial charge in [-0.05, 0) is 38.1 Å². The SMILES string of the molecule is CCC(CC)CC(NC)C1(OC)CCCC(C)C1. The highest BCUT2D eigenvalue weighted by molar-refractivity contribution is 4.97. The molecule has 0 aromatic carbocycles. The van der Waals surface area contributed by atoms with Crippen LogP contribution in [0.25, 0.3) is 0 Å². The zero-order valence-electron chi connectivity index (χ0n) is 13.1. The molecule has 0 aromatic heterocycles. The summed E-state index contributed by atoms with van der Waals surface area (Å²) < 4.78 is 6.03. The Morgan fingerprint density at radius 3 is 2.44 bits per heavy atom. The first-order valence-electron chi connectivity index (χ1n) is 7.84. The molecule has 0 aliphatic heterocycles. The summed E-state index contributed by atoms with van der Waals surface area (Å²) in [5, 5.41) is 3.56. The van der Waals surface area contributed by atoms with Gasteiger partial charge in [0.05, 0.1) is 5.60 Å². The lowest BCUT2D eigenvalue weighted by Crippen LogP contribution is -2.54. The quantitative estimate of drug-likeness (QED) is 0.742. The van der Waals surface area contributed by atoms with Crippen LogP contribution >= 0.6 is 0 Å². The third-order valence-electron chi connectivity index (χ3n) is 5.10. The monoisotopic (exact) mass is 255 g/mol. The van der Waals surface area contributed by atoms with Crippen molar-refractivity contribution in [2.24, 2.45) is 11.8 Å². The second kappa shape index (κ2) is 7.49. The van der Waals surface area contributed by atoms with Crippen LogP contribution in [0.2, 0.25) is 0 Å². The van der Waals surface area contributed by atoms with E-state index in [0.29, 0.717) is 6.04 Å². The maximum Gasteiger partial charge on any atom is 0.0833 e. The van der Waals surface area contributed by atoms with Gasteiger partial charge in [0.2, 0.25) is 0 Å². The molecule has 1 aliphatic rings. The molecule has 18 heavy (non-hydrogen) atoms. The smallest absolute Gasteiger partial charge is 0.0833 e. The van der Waals surface area contributed by atoms with Crippen LogP contribution in [0.4, 0.5) is 0 Å². The molecule has 0 aromatic rings. The fourth-order valence-electron chi connectivity index (χ4n) is 3.74. The van der Waals surface area contributed by atoms with Crippen molar-refractivity contribution in [1.29, 1.82) is 0 Å². The van der Waals surface area contributed by atoms with Gasteiger partial charge in [0.1, 0.15) is 0 Å². The van der Waals surface area contributed by atoms with Crippen LogP contribution in [-0.4, -0.2) is 25.8 Å². The van der Waals surface area contributed by atoms with Gasteiger partial charge in [-0.3, -0.25) is 0 Å². The number of nitrogens with one attached hydrogen (secondary N) is 1. The lowest BCUT2D eigenvalue weighted by Gasteiger charge is -2.45. The summed E-state index contributed by atoms with van der Waals surface area (Å²) in [5.41, 5.74) is 0.0784. The third kappa shape index (κ3) is 3.71. The van der Waals surface area contributed by atoms with E-state index in [9.17, 15) is 0 Å². The summed E-state index contributed by atoms with van der Waals surface area (Å²) in [7, 11) is 4.02. The van der Waals surface area contributed by atoms with E-state index in [4.69, 9.17) is 4.74 Å². The molecule has 3 unspecified atom stereocenters. The first-order valence-corrected chi connectivity index (χ1v) is 7.84. The molecule has 1 rings (SSSR count). The Morgan fingerprint density at radius 2 is 2.00 bits per heavy atom. The number of rotatable bonds is 7. The van der Waals surface area contributed by atoms with Crippen molar-refractivity contribution >= 4 is 0 Å². The minimum Gasteiger partial charge on any atom is -0.377 e. The molecular weight excluding hydrogens is 222 g/mol. The molecule has 0 bridgehead atoms. The molecular formula is C16H33NO. The predicted octanol–water partition coefficient (Wildman–Crippen LogP) is 4.00. The molecule has 0 heterocycles. The first-order chi connectivity index (χ1) is 8.61. The van der Waals surface area contributed by atoms with Crippen molar-refractivity contribution in [2.45, 2.75) is 77.4 Å². The Hall–Kier alpha value is -0.0800. The molecule has 0 radical (unpaired) electrons. The number of methoxy groups -OCH3 is 1. The second-order valence-corrected chi connectivity index (χ2v) is 6.23. The van der Waals surface area contributed by atoms with Gasteiger partial charge in [-0.15, -0.1) is 0 Å². The average Bonchev–Trinajstić information content (AvgIpc) is 2.40. The fraction of sp³-hybridized carbons (Fsp3) is 1.00. The zero-order valence-corrected chi connectivity index (χ0v) is 13.1. The van der Waals surface area contributed by atoms with Crippen molar-refractivity contribution in [3.8, 4) is 0 Å². The van der Waals surface area contributed by atoms with E-state index in [-0.39, 0.29) is 5.60 Å². The van der Waals surface area contributed by atoms with Gasteiger partial charge in [-0.1, -0.05) is 46.5 Å². The number of likely N-dealkylation sites (N-methyl/N-ethyl adjacent to an activating group) is 1. The fourth-order valence-corrected chi connectivity index (χ4v) is 3.74. The van der Waals surface area contributed by atoms with Crippen molar-refractivity contribution in [2.75, 3.05) is 14.2 Å². The first kappa shape index (κ1) is 16.0. The summed E-state index contributed by atoms with van der Waals surface area (Å²) in [5.74, 6) is 1.63. The van der Waals surface area contributed by atoms with E-state index in [1.54, 1.807) is 0 Å². The van der Waals surface area contributed by atoms with Crippen molar-refractivity contribution < 1.29 is 4.74 Å². The van der Waals surface area contributed by atoms with E-state index in [1.165, 1.54) is 44.9 Å². The van der Waals surface area contributed by atoms with Crippen molar-refractivity contribution in [3.63, 3.8) is 0 Å². The van der Waals surface area contributed by atoms with Gasteiger partial charge in [0.15, 0.2) is 0 Å². The second-order valence-electron chi connectivity index (χ2n) is 6.23. The highest BCUT2D eigenvalue weighted by atomic mass is 16.5. The summed E-state index contributed by atoms with van der Waals surface area (Å²) in [6.07, 6.45) is 8.94. The minimum absolute atomic E-state index is 0.0784. The van der Waals surface area contributed by atoms with Gasteiger partial charge in [0.25, 0.3) is 0 Å². The summed E-state index contributed by atoms with van der Waals surface area (Å²) in [4.78, 5) is 0. The topological polar surface area (TPSA) is 21.3 Å². The van der Waals surface area contributed by atoms with Crippen LogP contribution in [0.5, 0.6) is 0 Å². The lowest BCUT2D eigenvalue weighted by molar-refractivity contribution is -0.0825. The molecule has 3 atom stereocenters. The van der Waals surface area contributed by atoms with Crippen LogP contribution in [0, 0.1) is 11.8 Å². The Labute approximate surface area is 114 Å². The molecule has 1 fully saturated rings. The standard InChI is InChI=1S/C16H33NO/c1-6-14(7-2)11-15(17-4)16(18-5)10-8-9-13(3)12-16/h13-15,17H,6-12H2,1-5H3. The molecule has 2 nitrogen and oxygen atoms in total. The van der Waals surface area contributed by atoms with E-state index in [2.05, 4.69) is 33.1 Å². The Kier molecular flexibility index (Phi) is 6.65. The summed E-state index contributed by atoms with van der Waals surface area (Å²) in [6.45, 7) is 6.99. The molecule has 1 aliphatic carbocycles. The molecule has 0 spiro atoms. The van der Waals surface area contributed by atoms with Gasteiger partial charge in [0, 0.05) is 13.2 Å². The normalized spacial score (nSPS) is 30.7. The van der Waals surface area contributed by atoms with E-state index < -0.39 is 0 Å². The maximum absolute atomic E-state index is 6.03. The van der Waals surface area contributed by atoms with Crippen molar-refractivity contribution in [1.82, 2.24) is 5.32 Å². The minimum atomic E-state index is 0.0784. The molecule has 1 saturated carbocycles. The Bertz CT molecular complexity index is 227. The Balaban J connectivity index is 2.75. The highest BCUT2D eigenvalue weighted by Gasteiger charge is 2.41. The van der Waals surface area contributed by atoms with Gasteiger partial charge < -0.3 is 10.1 Å². The van der Waals surface area contributed by atoms with Gasteiger partial charge in [-0.2, -0.15) is 0 Å². The van der Waals surface area contributed by atoms with E-state index in [0.717, 1.165) is 11.8 Å². The molecule has 0 saturated heterocycles.